The molecule has 3 saturated heterocycles. The lowest BCUT2D eigenvalue weighted by Gasteiger charge is -2.33. The van der Waals surface area contributed by atoms with Crippen molar-refractivity contribution in [3.63, 3.8) is 0 Å². The minimum Gasteiger partial charge on any atom is -0.455 e. The highest BCUT2D eigenvalue weighted by atomic mass is 16.7. The lowest BCUT2D eigenvalue weighted by Crippen LogP contribution is -2.44. The van der Waals surface area contributed by atoms with Gasteiger partial charge in [0.05, 0.1) is 17.4 Å². The summed E-state index contributed by atoms with van der Waals surface area (Å²) >= 11 is 0. The van der Waals surface area contributed by atoms with Gasteiger partial charge in [0, 0.05) is 0 Å². The Balaban J connectivity index is 1.73. The van der Waals surface area contributed by atoms with Crippen LogP contribution in [0.1, 0.15) is 40.5 Å². The zero-order valence-corrected chi connectivity index (χ0v) is 12.4. The summed E-state index contributed by atoms with van der Waals surface area (Å²) < 4.78 is 16.7. The van der Waals surface area contributed by atoms with Crippen molar-refractivity contribution in [1.29, 1.82) is 0 Å². The molecule has 3 aliphatic rings. The molecule has 0 aromatic heterocycles. The van der Waals surface area contributed by atoms with Crippen molar-refractivity contribution in [3.8, 4) is 0 Å². The van der Waals surface area contributed by atoms with Crippen LogP contribution >= 0.6 is 0 Å². The summed E-state index contributed by atoms with van der Waals surface area (Å²) in [5, 5.41) is 0. The number of carbonyl (C=O) groups excluding carboxylic acids is 2. The first-order valence-electron chi connectivity index (χ1n) is 7.45. The molecule has 112 valence electrons. The Morgan fingerprint density at radius 2 is 2.15 bits per heavy atom. The first kappa shape index (κ1) is 13.9. The van der Waals surface area contributed by atoms with Gasteiger partial charge in [-0.15, -0.1) is 0 Å². The molecule has 2 bridgehead atoms. The van der Waals surface area contributed by atoms with Crippen LogP contribution in [0.4, 0.5) is 0 Å². The fraction of sp³-hybridized carbons (Fsp3) is 0.867. The second kappa shape index (κ2) is 4.45. The molecule has 0 aromatic carbocycles. The van der Waals surface area contributed by atoms with Gasteiger partial charge < -0.3 is 14.2 Å². The van der Waals surface area contributed by atoms with E-state index >= 15 is 0 Å². The molecule has 0 spiro atoms. The highest BCUT2D eigenvalue weighted by Gasteiger charge is 2.65. The Morgan fingerprint density at radius 1 is 1.45 bits per heavy atom. The molecule has 0 N–H and O–H groups in total. The van der Waals surface area contributed by atoms with Crippen LogP contribution in [0.25, 0.3) is 0 Å². The number of fused-ring (bicyclic) bond motifs is 1. The Morgan fingerprint density at radius 3 is 2.75 bits per heavy atom. The second-order valence-electron chi connectivity index (χ2n) is 6.68. The summed E-state index contributed by atoms with van der Waals surface area (Å²) in [5.74, 6) is -0.375. The van der Waals surface area contributed by atoms with Gasteiger partial charge in [-0.25, -0.2) is 0 Å². The molecule has 6 unspecified atom stereocenters. The van der Waals surface area contributed by atoms with Crippen LogP contribution in [-0.4, -0.2) is 36.4 Å². The maximum Gasteiger partial charge on any atom is 0.312 e. The largest absolute Gasteiger partial charge is 0.455 e. The molecule has 0 aromatic rings. The number of esters is 2. The van der Waals surface area contributed by atoms with Gasteiger partial charge in [0.2, 0.25) is 0 Å². The molecular formula is C15H22O5. The van der Waals surface area contributed by atoms with Crippen LogP contribution < -0.4 is 0 Å². The molecule has 5 heteroatoms. The third-order valence-electron chi connectivity index (χ3n) is 5.50. The number of ether oxygens (including phenoxy) is 3. The molecule has 3 rings (SSSR count). The summed E-state index contributed by atoms with van der Waals surface area (Å²) in [6, 6.07) is 0. The van der Waals surface area contributed by atoms with E-state index in [-0.39, 0.29) is 36.0 Å². The quantitative estimate of drug-likeness (QED) is 0.734. The van der Waals surface area contributed by atoms with Crippen LogP contribution in [0.3, 0.4) is 0 Å². The van der Waals surface area contributed by atoms with E-state index in [9.17, 15) is 9.59 Å². The van der Waals surface area contributed by atoms with Gasteiger partial charge >= 0.3 is 11.9 Å². The zero-order chi connectivity index (χ0) is 14.7. The lowest BCUT2D eigenvalue weighted by atomic mass is 9.77. The predicted molar refractivity (Wildman–Crippen MR) is 69.8 cm³/mol. The van der Waals surface area contributed by atoms with E-state index in [4.69, 9.17) is 14.2 Å². The molecular weight excluding hydrogens is 260 g/mol. The maximum absolute atomic E-state index is 12.5. The van der Waals surface area contributed by atoms with Crippen molar-refractivity contribution >= 4 is 11.9 Å². The molecule has 3 aliphatic heterocycles. The molecule has 0 amide bonds. The van der Waals surface area contributed by atoms with Gasteiger partial charge in [0.1, 0.15) is 6.10 Å². The van der Waals surface area contributed by atoms with Crippen molar-refractivity contribution in [2.45, 2.75) is 65.0 Å². The molecule has 0 radical (unpaired) electrons. The summed E-state index contributed by atoms with van der Waals surface area (Å²) in [6.07, 6.45) is 0.111. The van der Waals surface area contributed by atoms with Crippen molar-refractivity contribution < 1.29 is 23.8 Å². The van der Waals surface area contributed by atoms with E-state index in [0.717, 1.165) is 6.42 Å². The number of rotatable bonds is 4. The SMILES string of the molecule is CCC(C)(C(=O)OC1C2CC3C(=O)OC1C3O2)C(C)C. The van der Waals surface area contributed by atoms with E-state index in [1.807, 2.05) is 27.7 Å². The van der Waals surface area contributed by atoms with Gasteiger partial charge in [-0.2, -0.15) is 0 Å². The second-order valence-corrected chi connectivity index (χ2v) is 6.68. The van der Waals surface area contributed by atoms with E-state index in [2.05, 4.69) is 0 Å². The monoisotopic (exact) mass is 282 g/mol. The fourth-order valence-corrected chi connectivity index (χ4v) is 3.43. The van der Waals surface area contributed by atoms with E-state index in [1.165, 1.54) is 0 Å². The maximum atomic E-state index is 12.5. The number of hydrogen-bond donors (Lipinski definition) is 0. The van der Waals surface area contributed by atoms with E-state index in [1.54, 1.807) is 0 Å². The average Bonchev–Trinajstić information content (AvgIpc) is 3.01. The van der Waals surface area contributed by atoms with Crippen molar-refractivity contribution in [2.75, 3.05) is 0 Å². The van der Waals surface area contributed by atoms with Crippen LogP contribution in [0.15, 0.2) is 0 Å². The topological polar surface area (TPSA) is 61.8 Å². The first-order chi connectivity index (χ1) is 9.38. The van der Waals surface area contributed by atoms with Crippen molar-refractivity contribution in [1.82, 2.24) is 0 Å². The van der Waals surface area contributed by atoms with Crippen LogP contribution in [-0.2, 0) is 23.8 Å². The van der Waals surface area contributed by atoms with Crippen LogP contribution in [0, 0.1) is 17.3 Å². The Labute approximate surface area is 118 Å². The standard InChI is InChI=1S/C15H22O5/c1-5-15(4,7(2)3)14(17)20-11-9-6-8-10(18-9)12(11)19-13(8)16/h7-12H,5-6H2,1-4H3. The molecule has 5 nitrogen and oxygen atoms in total. The molecule has 0 aliphatic carbocycles. The molecule has 3 heterocycles. The number of hydrogen-bond acceptors (Lipinski definition) is 5. The highest BCUT2D eigenvalue weighted by Crippen LogP contribution is 2.48. The van der Waals surface area contributed by atoms with Gasteiger partial charge in [0.25, 0.3) is 0 Å². The minimum atomic E-state index is -0.510. The summed E-state index contributed by atoms with van der Waals surface area (Å²) in [6.45, 7) is 7.96. The van der Waals surface area contributed by atoms with Crippen molar-refractivity contribution in [3.05, 3.63) is 0 Å². The molecule has 0 saturated carbocycles. The predicted octanol–water partition coefficient (Wildman–Crippen LogP) is 1.68. The van der Waals surface area contributed by atoms with Gasteiger partial charge in [0.15, 0.2) is 12.2 Å². The lowest BCUT2D eigenvalue weighted by molar-refractivity contribution is -0.172. The van der Waals surface area contributed by atoms with Gasteiger partial charge in [-0.05, 0) is 25.7 Å². The van der Waals surface area contributed by atoms with Gasteiger partial charge in [-0.3, -0.25) is 9.59 Å². The smallest absolute Gasteiger partial charge is 0.312 e. The van der Waals surface area contributed by atoms with Gasteiger partial charge in [-0.1, -0.05) is 20.8 Å². The zero-order valence-electron chi connectivity index (χ0n) is 12.4. The third-order valence-corrected chi connectivity index (χ3v) is 5.50. The number of carbonyl (C=O) groups is 2. The normalized spacial score (nSPS) is 40.9. The Kier molecular flexibility index (Phi) is 3.08. The summed E-state index contributed by atoms with van der Waals surface area (Å²) in [7, 11) is 0. The van der Waals surface area contributed by atoms with Crippen LogP contribution in [0.2, 0.25) is 0 Å². The molecule has 3 fully saturated rings. The van der Waals surface area contributed by atoms with E-state index < -0.39 is 17.6 Å². The fourth-order valence-electron chi connectivity index (χ4n) is 3.43. The summed E-state index contributed by atoms with van der Waals surface area (Å²) in [5.41, 5.74) is -0.510. The third kappa shape index (κ3) is 1.72. The Bertz CT molecular complexity index is 446. The average molecular weight is 282 g/mol. The highest BCUT2D eigenvalue weighted by molar-refractivity contribution is 5.79. The first-order valence-corrected chi connectivity index (χ1v) is 7.45. The molecule has 20 heavy (non-hydrogen) atoms. The van der Waals surface area contributed by atoms with E-state index in [0.29, 0.717) is 6.42 Å². The van der Waals surface area contributed by atoms with Crippen molar-refractivity contribution in [2.24, 2.45) is 17.3 Å². The van der Waals surface area contributed by atoms with Crippen LogP contribution in [0.5, 0.6) is 0 Å². The Hall–Kier alpha value is -1.10. The molecule has 6 atom stereocenters. The minimum absolute atomic E-state index is 0.150. The summed E-state index contributed by atoms with van der Waals surface area (Å²) in [4.78, 5) is 24.2.